The smallest absolute Gasteiger partial charge is 0.198 e. The zero-order chi connectivity index (χ0) is 16.5. The lowest BCUT2D eigenvalue weighted by Gasteiger charge is -2.30. The predicted molar refractivity (Wildman–Crippen MR) is 91.9 cm³/mol. The van der Waals surface area contributed by atoms with Crippen LogP contribution in [-0.2, 0) is 6.54 Å². The minimum absolute atomic E-state index is 0.279. The van der Waals surface area contributed by atoms with Crippen LogP contribution in [0.25, 0.3) is 11.1 Å². The summed E-state index contributed by atoms with van der Waals surface area (Å²) in [5, 5.41) is 9.96. The van der Waals surface area contributed by atoms with Crippen molar-refractivity contribution < 1.29 is 9.52 Å². The topological polar surface area (TPSA) is 62.4 Å². The van der Waals surface area contributed by atoms with Gasteiger partial charge in [-0.2, -0.15) is 0 Å². The number of fused-ring (bicyclic) bond motifs is 1. The van der Waals surface area contributed by atoms with Crippen LogP contribution in [0.4, 0.5) is 0 Å². The number of aromatic nitrogens is 2. The predicted octanol–water partition coefficient (Wildman–Crippen LogP) is 3.62. The third-order valence-electron chi connectivity index (χ3n) is 4.71. The molecule has 3 aromatic rings. The fourth-order valence-electron chi connectivity index (χ4n) is 3.33. The van der Waals surface area contributed by atoms with E-state index in [9.17, 15) is 5.11 Å². The molecule has 0 atom stereocenters. The molecule has 24 heavy (non-hydrogen) atoms. The van der Waals surface area contributed by atoms with Gasteiger partial charge >= 0.3 is 0 Å². The minimum atomic E-state index is 0.279. The molecule has 1 aromatic carbocycles. The molecule has 1 saturated heterocycles. The van der Waals surface area contributed by atoms with Crippen molar-refractivity contribution in [3.05, 3.63) is 53.7 Å². The maximum absolute atomic E-state index is 9.96. The van der Waals surface area contributed by atoms with Gasteiger partial charge in [-0.1, -0.05) is 12.1 Å². The van der Waals surface area contributed by atoms with Crippen molar-refractivity contribution in [1.29, 1.82) is 0 Å². The molecule has 1 N–H and O–H groups in total. The van der Waals surface area contributed by atoms with E-state index < -0.39 is 0 Å². The van der Waals surface area contributed by atoms with Crippen molar-refractivity contribution in [3.63, 3.8) is 0 Å². The van der Waals surface area contributed by atoms with Crippen molar-refractivity contribution in [2.75, 3.05) is 13.1 Å². The summed E-state index contributed by atoms with van der Waals surface area (Å²) in [6.45, 7) is 4.55. The molecule has 0 spiro atoms. The third-order valence-corrected chi connectivity index (χ3v) is 4.71. The highest BCUT2D eigenvalue weighted by Crippen LogP contribution is 2.30. The average Bonchev–Trinajstić information content (AvgIpc) is 3.03. The fourth-order valence-corrected chi connectivity index (χ4v) is 3.33. The molecule has 0 bridgehead atoms. The molecule has 1 aliphatic rings. The van der Waals surface area contributed by atoms with Crippen LogP contribution < -0.4 is 0 Å². The summed E-state index contributed by atoms with van der Waals surface area (Å²) in [4.78, 5) is 11.4. The average molecular weight is 323 g/mol. The van der Waals surface area contributed by atoms with Crippen LogP contribution in [0.2, 0.25) is 0 Å². The Hall–Kier alpha value is -2.40. The number of hydrogen-bond acceptors (Lipinski definition) is 5. The van der Waals surface area contributed by atoms with E-state index in [0.29, 0.717) is 12.5 Å². The van der Waals surface area contributed by atoms with Gasteiger partial charge < -0.3 is 9.52 Å². The lowest BCUT2D eigenvalue weighted by atomic mass is 9.96. The molecular formula is C19H21N3O2. The molecule has 0 unspecified atom stereocenters. The van der Waals surface area contributed by atoms with Crippen molar-refractivity contribution in [2.45, 2.75) is 32.2 Å². The van der Waals surface area contributed by atoms with E-state index in [-0.39, 0.29) is 5.75 Å². The Morgan fingerprint density at radius 1 is 1.12 bits per heavy atom. The summed E-state index contributed by atoms with van der Waals surface area (Å²) in [5.74, 6) is 1.50. The van der Waals surface area contributed by atoms with E-state index in [1.165, 1.54) is 0 Å². The summed E-state index contributed by atoms with van der Waals surface area (Å²) in [6.07, 6.45) is 2.03. The number of aryl methyl sites for hydroxylation is 1. The number of rotatable bonds is 3. The number of benzene rings is 1. The van der Waals surface area contributed by atoms with Crippen molar-refractivity contribution in [3.8, 4) is 5.75 Å². The number of hydrogen-bond donors (Lipinski definition) is 1. The molecule has 3 heterocycles. The summed E-state index contributed by atoms with van der Waals surface area (Å²) < 4.78 is 5.91. The lowest BCUT2D eigenvalue weighted by Crippen LogP contribution is -2.32. The Balaban J connectivity index is 1.42. The van der Waals surface area contributed by atoms with Gasteiger partial charge in [-0.25, -0.2) is 4.98 Å². The number of oxazole rings is 1. The van der Waals surface area contributed by atoms with Gasteiger partial charge in [0.15, 0.2) is 11.5 Å². The highest BCUT2D eigenvalue weighted by Gasteiger charge is 2.25. The summed E-state index contributed by atoms with van der Waals surface area (Å²) >= 11 is 0. The highest BCUT2D eigenvalue weighted by atomic mass is 16.3. The number of aromatic hydroxyl groups is 1. The number of likely N-dealkylation sites (tertiary alicyclic amines) is 1. The van der Waals surface area contributed by atoms with Crippen LogP contribution in [0.5, 0.6) is 5.75 Å². The first-order chi connectivity index (χ1) is 11.7. The molecule has 0 saturated carbocycles. The van der Waals surface area contributed by atoms with E-state index in [1.54, 1.807) is 6.07 Å². The van der Waals surface area contributed by atoms with Crippen LogP contribution in [0.3, 0.4) is 0 Å². The normalized spacial score (nSPS) is 16.7. The zero-order valence-electron chi connectivity index (χ0n) is 13.8. The van der Waals surface area contributed by atoms with Crippen LogP contribution >= 0.6 is 0 Å². The quantitative estimate of drug-likeness (QED) is 0.797. The largest absolute Gasteiger partial charge is 0.506 e. The van der Waals surface area contributed by atoms with E-state index >= 15 is 0 Å². The Morgan fingerprint density at radius 2 is 1.92 bits per heavy atom. The monoisotopic (exact) mass is 323 g/mol. The standard InChI is InChI=1S/C19H21N3O2/c1-13-6-7-17(23)16(20-13)12-22-10-8-14(9-11-22)19-21-15-4-2-3-5-18(15)24-19/h2-7,14,23H,8-12H2,1H3. The molecule has 0 amide bonds. The van der Waals surface area contributed by atoms with Gasteiger partial charge in [0.25, 0.3) is 0 Å². The van der Waals surface area contributed by atoms with Crippen molar-refractivity contribution >= 4 is 11.1 Å². The second-order valence-electron chi connectivity index (χ2n) is 6.49. The Bertz CT molecular complexity index is 818. The second kappa shape index (κ2) is 6.24. The van der Waals surface area contributed by atoms with E-state index in [2.05, 4.69) is 14.9 Å². The van der Waals surface area contributed by atoms with E-state index in [4.69, 9.17) is 4.42 Å². The Labute approximate surface area is 141 Å². The van der Waals surface area contributed by atoms with Crippen LogP contribution in [-0.4, -0.2) is 33.1 Å². The molecule has 1 fully saturated rings. The number of piperidine rings is 1. The molecule has 2 aromatic heterocycles. The number of nitrogens with zero attached hydrogens (tertiary/aromatic N) is 3. The lowest BCUT2D eigenvalue weighted by molar-refractivity contribution is 0.190. The zero-order valence-corrected chi connectivity index (χ0v) is 13.8. The van der Waals surface area contributed by atoms with Gasteiger partial charge in [0.1, 0.15) is 11.3 Å². The summed E-state index contributed by atoms with van der Waals surface area (Å²) in [5.41, 5.74) is 3.49. The fraction of sp³-hybridized carbons (Fsp3) is 0.368. The van der Waals surface area contributed by atoms with Crippen LogP contribution in [0.15, 0.2) is 40.8 Å². The highest BCUT2D eigenvalue weighted by molar-refractivity contribution is 5.72. The molecule has 0 radical (unpaired) electrons. The second-order valence-corrected chi connectivity index (χ2v) is 6.49. The van der Waals surface area contributed by atoms with Gasteiger partial charge in [0, 0.05) is 18.2 Å². The van der Waals surface area contributed by atoms with E-state index in [0.717, 1.165) is 54.3 Å². The van der Waals surface area contributed by atoms with Gasteiger partial charge in [-0.3, -0.25) is 9.88 Å². The Morgan fingerprint density at radius 3 is 2.71 bits per heavy atom. The first-order valence-electron chi connectivity index (χ1n) is 8.42. The van der Waals surface area contributed by atoms with Gasteiger partial charge in [0.2, 0.25) is 0 Å². The maximum Gasteiger partial charge on any atom is 0.198 e. The molecule has 0 aliphatic carbocycles. The molecule has 5 heteroatoms. The molecule has 4 rings (SSSR count). The first kappa shape index (κ1) is 15.1. The van der Waals surface area contributed by atoms with Gasteiger partial charge in [-0.05, 0) is 57.1 Å². The van der Waals surface area contributed by atoms with Gasteiger partial charge in [-0.15, -0.1) is 0 Å². The summed E-state index contributed by atoms with van der Waals surface area (Å²) in [7, 11) is 0. The van der Waals surface area contributed by atoms with Crippen molar-refractivity contribution in [1.82, 2.24) is 14.9 Å². The summed E-state index contributed by atoms with van der Waals surface area (Å²) in [6, 6.07) is 11.5. The Kier molecular flexibility index (Phi) is 3.94. The van der Waals surface area contributed by atoms with E-state index in [1.807, 2.05) is 37.3 Å². The van der Waals surface area contributed by atoms with Crippen LogP contribution in [0, 0.1) is 6.92 Å². The van der Waals surface area contributed by atoms with Crippen LogP contribution in [0.1, 0.15) is 36.0 Å². The first-order valence-corrected chi connectivity index (χ1v) is 8.42. The number of para-hydroxylation sites is 2. The SMILES string of the molecule is Cc1ccc(O)c(CN2CCC(c3nc4ccccc4o3)CC2)n1. The van der Waals surface area contributed by atoms with Crippen molar-refractivity contribution in [2.24, 2.45) is 0 Å². The molecule has 124 valence electrons. The number of pyridine rings is 1. The molecule has 1 aliphatic heterocycles. The maximum atomic E-state index is 9.96. The molecule has 5 nitrogen and oxygen atoms in total. The molecular weight excluding hydrogens is 302 g/mol. The third kappa shape index (κ3) is 2.99. The van der Waals surface area contributed by atoms with Gasteiger partial charge in [0.05, 0.1) is 5.69 Å². The minimum Gasteiger partial charge on any atom is -0.506 e.